The number of methoxy groups -OCH3 is 2. The molecular formula is C13H17BrN2O3. The van der Waals surface area contributed by atoms with Gasteiger partial charge >= 0.3 is 0 Å². The molecule has 2 heterocycles. The van der Waals surface area contributed by atoms with Crippen LogP contribution in [0.25, 0.3) is 0 Å². The molecule has 1 aliphatic heterocycles. The highest BCUT2D eigenvalue weighted by atomic mass is 79.9. The first-order valence-corrected chi connectivity index (χ1v) is 6.89. The Morgan fingerprint density at radius 1 is 1.53 bits per heavy atom. The molecular weight excluding hydrogens is 312 g/mol. The lowest BCUT2D eigenvalue weighted by Crippen LogP contribution is -2.38. The average Bonchev–Trinajstić information content (AvgIpc) is 2.82. The van der Waals surface area contributed by atoms with Gasteiger partial charge in [-0.2, -0.15) is 0 Å². The Labute approximate surface area is 121 Å². The Morgan fingerprint density at radius 2 is 2.32 bits per heavy atom. The standard InChI is InChI=1S/C13H17BrN2O3/c1-18-8-10-5-11(19-2)7-16(10)13(17)12-4-3-9(14)6-15-12/h3-4,6,10-11H,5,7-8H2,1-2H3/t10-,11+/m0/s1. The van der Waals surface area contributed by atoms with E-state index in [1.165, 1.54) is 0 Å². The van der Waals surface area contributed by atoms with Gasteiger partial charge in [0.15, 0.2) is 0 Å². The van der Waals surface area contributed by atoms with E-state index in [-0.39, 0.29) is 18.1 Å². The zero-order chi connectivity index (χ0) is 13.8. The first-order valence-electron chi connectivity index (χ1n) is 6.10. The molecule has 0 N–H and O–H groups in total. The van der Waals surface area contributed by atoms with Crippen molar-refractivity contribution in [2.45, 2.75) is 18.6 Å². The molecule has 0 bridgehead atoms. The molecule has 104 valence electrons. The fourth-order valence-electron chi connectivity index (χ4n) is 2.29. The van der Waals surface area contributed by atoms with Crippen LogP contribution < -0.4 is 0 Å². The molecule has 5 nitrogen and oxygen atoms in total. The lowest BCUT2D eigenvalue weighted by atomic mass is 10.2. The summed E-state index contributed by atoms with van der Waals surface area (Å²) < 4.78 is 11.4. The molecule has 1 aliphatic rings. The van der Waals surface area contributed by atoms with Crippen molar-refractivity contribution in [2.24, 2.45) is 0 Å². The Morgan fingerprint density at radius 3 is 2.89 bits per heavy atom. The third kappa shape index (κ3) is 3.32. The van der Waals surface area contributed by atoms with Gasteiger partial charge in [0.2, 0.25) is 0 Å². The van der Waals surface area contributed by atoms with Crippen LogP contribution in [-0.4, -0.2) is 55.3 Å². The van der Waals surface area contributed by atoms with Gasteiger partial charge in [0.1, 0.15) is 5.69 Å². The topological polar surface area (TPSA) is 51.7 Å². The second-order valence-electron chi connectivity index (χ2n) is 4.52. The lowest BCUT2D eigenvalue weighted by Gasteiger charge is -2.23. The SMILES string of the molecule is COC[C@@H]1C[C@@H](OC)CN1C(=O)c1ccc(Br)cn1. The van der Waals surface area contributed by atoms with Gasteiger partial charge < -0.3 is 14.4 Å². The number of carbonyl (C=O) groups excluding carboxylic acids is 1. The average molecular weight is 329 g/mol. The fourth-order valence-corrected chi connectivity index (χ4v) is 2.53. The van der Waals surface area contributed by atoms with E-state index < -0.39 is 0 Å². The number of nitrogens with zero attached hydrogens (tertiary/aromatic N) is 2. The van der Waals surface area contributed by atoms with Gasteiger partial charge in [0, 0.05) is 31.4 Å². The maximum atomic E-state index is 12.4. The van der Waals surface area contributed by atoms with Crippen LogP contribution in [0.2, 0.25) is 0 Å². The number of rotatable bonds is 4. The minimum atomic E-state index is -0.0749. The van der Waals surface area contributed by atoms with Gasteiger partial charge in [0.25, 0.3) is 5.91 Å². The molecule has 1 amide bonds. The van der Waals surface area contributed by atoms with Gasteiger partial charge in [-0.05, 0) is 34.5 Å². The monoisotopic (exact) mass is 328 g/mol. The summed E-state index contributed by atoms with van der Waals surface area (Å²) in [7, 11) is 3.31. The van der Waals surface area contributed by atoms with E-state index in [0.29, 0.717) is 18.8 Å². The summed E-state index contributed by atoms with van der Waals surface area (Å²) in [5, 5.41) is 0. The number of hydrogen-bond acceptors (Lipinski definition) is 4. The molecule has 0 aliphatic carbocycles. The Bertz CT molecular complexity index is 438. The highest BCUT2D eigenvalue weighted by Gasteiger charge is 2.36. The van der Waals surface area contributed by atoms with Crippen molar-refractivity contribution in [3.8, 4) is 0 Å². The first kappa shape index (κ1) is 14.4. The summed E-state index contributed by atoms with van der Waals surface area (Å²) >= 11 is 3.31. The molecule has 0 unspecified atom stereocenters. The number of halogens is 1. The Kier molecular flexibility index (Phi) is 4.90. The molecule has 2 rings (SSSR count). The van der Waals surface area contributed by atoms with Crippen LogP contribution in [-0.2, 0) is 9.47 Å². The van der Waals surface area contributed by atoms with Crippen molar-refractivity contribution in [2.75, 3.05) is 27.4 Å². The van der Waals surface area contributed by atoms with Crippen LogP contribution in [0.3, 0.4) is 0 Å². The zero-order valence-corrected chi connectivity index (χ0v) is 12.6. The van der Waals surface area contributed by atoms with Crippen molar-refractivity contribution in [3.63, 3.8) is 0 Å². The Hall–Kier alpha value is -0.980. The number of aromatic nitrogens is 1. The smallest absolute Gasteiger partial charge is 0.272 e. The van der Waals surface area contributed by atoms with E-state index in [1.54, 1.807) is 31.4 Å². The predicted octanol–water partition coefficient (Wildman–Crippen LogP) is 1.72. The highest BCUT2D eigenvalue weighted by Crippen LogP contribution is 2.22. The number of carbonyl (C=O) groups is 1. The van der Waals surface area contributed by atoms with E-state index in [1.807, 2.05) is 6.07 Å². The molecule has 1 saturated heterocycles. The summed E-state index contributed by atoms with van der Waals surface area (Å²) in [5.74, 6) is -0.0749. The molecule has 19 heavy (non-hydrogen) atoms. The normalized spacial score (nSPS) is 22.8. The second kappa shape index (κ2) is 6.45. The molecule has 1 aromatic rings. The van der Waals surface area contributed by atoms with E-state index in [4.69, 9.17) is 9.47 Å². The molecule has 0 radical (unpaired) electrons. The van der Waals surface area contributed by atoms with Gasteiger partial charge in [0.05, 0.1) is 18.8 Å². The number of amides is 1. The van der Waals surface area contributed by atoms with Crippen molar-refractivity contribution in [1.82, 2.24) is 9.88 Å². The second-order valence-corrected chi connectivity index (χ2v) is 5.44. The molecule has 6 heteroatoms. The zero-order valence-electron chi connectivity index (χ0n) is 11.0. The van der Waals surface area contributed by atoms with Gasteiger partial charge in [-0.25, -0.2) is 4.98 Å². The largest absolute Gasteiger partial charge is 0.383 e. The summed E-state index contributed by atoms with van der Waals surface area (Å²) in [6.45, 7) is 1.10. The van der Waals surface area contributed by atoms with E-state index in [9.17, 15) is 4.79 Å². The van der Waals surface area contributed by atoms with Crippen LogP contribution in [0.1, 0.15) is 16.9 Å². The van der Waals surface area contributed by atoms with Crippen molar-refractivity contribution >= 4 is 21.8 Å². The highest BCUT2D eigenvalue weighted by molar-refractivity contribution is 9.10. The van der Waals surface area contributed by atoms with Crippen LogP contribution in [0, 0.1) is 0 Å². The van der Waals surface area contributed by atoms with Crippen molar-refractivity contribution in [1.29, 1.82) is 0 Å². The minimum Gasteiger partial charge on any atom is -0.383 e. The van der Waals surface area contributed by atoms with Crippen LogP contribution in [0.5, 0.6) is 0 Å². The molecule has 1 aromatic heterocycles. The van der Waals surface area contributed by atoms with Crippen molar-refractivity contribution < 1.29 is 14.3 Å². The van der Waals surface area contributed by atoms with Gasteiger partial charge in [-0.1, -0.05) is 0 Å². The van der Waals surface area contributed by atoms with E-state index in [0.717, 1.165) is 10.9 Å². The van der Waals surface area contributed by atoms with Crippen LogP contribution in [0.4, 0.5) is 0 Å². The van der Waals surface area contributed by atoms with Gasteiger partial charge in [-0.3, -0.25) is 4.79 Å². The quantitative estimate of drug-likeness (QED) is 0.844. The summed E-state index contributed by atoms with van der Waals surface area (Å²) in [6, 6.07) is 3.58. The molecule has 1 fully saturated rings. The predicted molar refractivity (Wildman–Crippen MR) is 74.1 cm³/mol. The first-order chi connectivity index (χ1) is 9.15. The van der Waals surface area contributed by atoms with E-state index >= 15 is 0 Å². The number of hydrogen-bond donors (Lipinski definition) is 0. The minimum absolute atomic E-state index is 0.0490. The number of ether oxygens (including phenoxy) is 2. The molecule has 2 atom stereocenters. The summed E-state index contributed by atoms with van der Waals surface area (Å²) in [4.78, 5) is 18.4. The molecule has 0 saturated carbocycles. The third-order valence-electron chi connectivity index (χ3n) is 3.28. The Balaban J connectivity index is 2.14. The lowest BCUT2D eigenvalue weighted by molar-refractivity contribution is 0.0606. The fraction of sp³-hybridized carbons (Fsp3) is 0.538. The van der Waals surface area contributed by atoms with Crippen LogP contribution >= 0.6 is 15.9 Å². The maximum absolute atomic E-state index is 12.4. The number of likely N-dealkylation sites (tertiary alicyclic amines) is 1. The molecule has 0 aromatic carbocycles. The third-order valence-corrected chi connectivity index (χ3v) is 3.74. The van der Waals surface area contributed by atoms with Gasteiger partial charge in [-0.15, -0.1) is 0 Å². The summed E-state index contributed by atoms with van der Waals surface area (Å²) in [5.41, 5.74) is 0.445. The summed E-state index contributed by atoms with van der Waals surface area (Å²) in [6.07, 6.45) is 2.49. The number of pyridine rings is 1. The van der Waals surface area contributed by atoms with E-state index in [2.05, 4.69) is 20.9 Å². The molecule has 0 spiro atoms. The maximum Gasteiger partial charge on any atom is 0.272 e. The van der Waals surface area contributed by atoms with Crippen LogP contribution in [0.15, 0.2) is 22.8 Å². The van der Waals surface area contributed by atoms with Crippen molar-refractivity contribution in [3.05, 3.63) is 28.5 Å².